The molecule has 2 heterocycles. The van der Waals surface area contributed by atoms with Gasteiger partial charge in [0.25, 0.3) is 5.91 Å². The molecule has 1 N–H and O–H groups in total. The number of piperidine rings is 1. The van der Waals surface area contributed by atoms with E-state index < -0.39 is 5.60 Å². The van der Waals surface area contributed by atoms with Gasteiger partial charge in [-0.05, 0) is 102 Å². The fourth-order valence-corrected chi connectivity index (χ4v) is 4.71. The number of aromatic nitrogens is 2. The molecular formula is C30H38N4O3. The van der Waals surface area contributed by atoms with E-state index in [0.717, 1.165) is 41.0 Å². The number of nitrogens with zero attached hydrogens (tertiary/aromatic N) is 3. The van der Waals surface area contributed by atoms with E-state index in [-0.39, 0.29) is 17.9 Å². The van der Waals surface area contributed by atoms with E-state index >= 15 is 0 Å². The minimum Gasteiger partial charge on any atom is -0.444 e. The Kier molecular flexibility index (Phi) is 7.44. The van der Waals surface area contributed by atoms with Gasteiger partial charge in [-0.3, -0.25) is 4.79 Å². The van der Waals surface area contributed by atoms with Crippen molar-refractivity contribution in [2.75, 3.05) is 18.4 Å². The summed E-state index contributed by atoms with van der Waals surface area (Å²) in [6, 6.07) is 12.3. The zero-order valence-electron chi connectivity index (χ0n) is 23.0. The molecule has 7 nitrogen and oxygen atoms in total. The molecule has 1 saturated heterocycles. The number of hydrogen-bond acceptors (Lipinski definition) is 4. The second-order valence-electron chi connectivity index (χ2n) is 11.1. The zero-order valence-corrected chi connectivity index (χ0v) is 23.0. The zero-order chi connectivity index (χ0) is 26.9. The molecule has 0 saturated carbocycles. The highest BCUT2D eigenvalue weighted by Gasteiger charge is 2.32. The van der Waals surface area contributed by atoms with Crippen molar-refractivity contribution >= 4 is 17.7 Å². The van der Waals surface area contributed by atoms with Crippen LogP contribution in [-0.4, -0.2) is 45.4 Å². The summed E-state index contributed by atoms with van der Waals surface area (Å²) >= 11 is 0. The van der Waals surface area contributed by atoms with Gasteiger partial charge in [-0.2, -0.15) is 5.10 Å². The molecule has 7 heteroatoms. The first-order valence-corrected chi connectivity index (χ1v) is 12.9. The molecule has 0 radical (unpaired) electrons. The summed E-state index contributed by atoms with van der Waals surface area (Å²) in [4.78, 5) is 28.0. The third-order valence-electron chi connectivity index (χ3n) is 6.96. The third kappa shape index (κ3) is 6.04. The Labute approximate surface area is 219 Å². The second-order valence-corrected chi connectivity index (χ2v) is 11.1. The number of anilines is 1. The number of likely N-dealkylation sites (tertiary alicyclic amines) is 1. The van der Waals surface area contributed by atoms with Crippen LogP contribution in [0.25, 0.3) is 5.69 Å². The summed E-state index contributed by atoms with van der Waals surface area (Å²) in [6.45, 7) is 14.9. The van der Waals surface area contributed by atoms with Gasteiger partial charge in [-0.15, -0.1) is 0 Å². The van der Waals surface area contributed by atoms with Gasteiger partial charge in [0, 0.05) is 24.7 Å². The van der Waals surface area contributed by atoms with Gasteiger partial charge in [0.05, 0.1) is 23.1 Å². The summed E-state index contributed by atoms with van der Waals surface area (Å²) < 4.78 is 7.48. The smallest absolute Gasteiger partial charge is 0.410 e. The van der Waals surface area contributed by atoms with Crippen molar-refractivity contribution < 1.29 is 14.3 Å². The van der Waals surface area contributed by atoms with Gasteiger partial charge in [0.1, 0.15) is 5.60 Å². The number of rotatable bonds is 4. The summed E-state index contributed by atoms with van der Waals surface area (Å²) in [6.07, 6.45) is 2.83. The lowest BCUT2D eigenvalue weighted by Gasteiger charge is -2.34. The van der Waals surface area contributed by atoms with Crippen LogP contribution in [0, 0.1) is 27.7 Å². The summed E-state index contributed by atoms with van der Waals surface area (Å²) in [5.74, 6) is -0.101. The maximum Gasteiger partial charge on any atom is 0.410 e. The molecule has 3 aromatic rings. The van der Waals surface area contributed by atoms with Crippen LogP contribution in [0.4, 0.5) is 10.5 Å². The van der Waals surface area contributed by atoms with Crippen LogP contribution in [0.1, 0.15) is 77.8 Å². The fourth-order valence-electron chi connectivity index (χ4n) is 4.71. The van der Waals surface area contributed by atoms with Crippen molar-refractivity contribution in [1.82, 2.24) is 14.7 Å². The molecule has 4 rings (SSSR count). The average Bonchev–Trinajstić information content (AvgIpc) is 3.27. The summed E-state index contributed by atoms with van der Waals surface area (Å²) in [7, 11) is 0. The van der Waals surface area contributed by atoms with E-state index in [4.69, 9.17) is 4.74 Å². The van der Waals surface area contributed by atoms with Crippen LogP contribution in [0.2, 0.25) is 0 Å². The van der Waals surface area contributed by atoms with Crippen molar-refractivity contribution in [2.24, 2.45) is 0 Å². The molecule has 1 fully saturated rings. The molecule has 37 heavy (non-hydrogen) atoms. The quantitative estimate of drug-likeness (QED) is 0.443. The molecule has 1 aliphatic heterocycles. The molecule has 2 aromatic carbocycles. The highest BCUT2D eigenvalue weighted by molar-refractivity contribution is 6.05. The molecule has 0 spiro atoms. The minimum atomic E-state index is -0.533. The molecule has 196 valence electrons. The van der Waals surface area contributed by atoms with Crippen LogP contribution < -0.4 is 5.32 Å². The van der Waals surface area contributed by atoms with Gasteiger partial charge < -0.3 is 15.0 Å². The number of nitrogens with one attached hydrogen (secondary N) is 1. The Hall–Kier alpha value is -3.61. The molecule has 1 aliphatic rings. The number of benzene rings is 2. The lowest BCUT2D eigenvalue weighted by molar-refractivity contribution is 0.0203. The highest BCUT2D eigenvalue weighted by Crippen LogP contribution is 2.33. The molecule has 0 atom stereocenters. The Morgan fingerprint density at radius 3 is 2.27 bits per heavy atom. The molecule has 0 aliphatic carbocycles. The molecule has 0 bridgehead atoms. The largest absolute Gasteiger partial charge is 0.444 e. The maximum atomic E-state index is 13.6. The standard InChI is InChI=1S/C30H38N4O3/c1-19-8-9-21(3)26(16-19)32-28(35)25-18-31-34(24-11-10-20(2)22(4)17-24)27(25)23-12-14-33(15-13-23)29(36)37-30(5,6)7/h8-11,16-18,23H,12-15H2,1-7H3,(H,32,35). The van der Waals surface area contributed by atoms with Crippen molar-refractivity contribution in [2.45, 2.75) is 72.8 Å². The minimum absolute atomic E-state index is 0.0714. The van der Waals surface area contributed by atoms with E-state index in [9.17, 15) is 9.59 Å². The Morgan fingerprint density at radius 2 is 1.62 bits per heavy atom. The van der Waals surface area contributed by atoms with Gasteiger partial charge in [0.2, 0.25) is 0 Å². The summed E-state index contributed by atoms with van der Waals surface area (Å²) in [5, 5.41) is 7.80. The number of hydrogen-bond donors (Lipinski definition) is 1. The van der Waals surface area contributed by atoms with E-state index in [1.807, 2.05) is 63.6 Å². The van der Waals surface area contributed by atoms with E-state index in [1.54, 1.807) is 11.1 Å². The predicted molar refractivity (Wildman–Crippen MR) is 147 cm³/mol. The Balaban J connectivity index is 1.66. The van der Waals surface area contributed by atoms with Crippen LogP contribution in [0.15, 0.2) is 42.6 Å². The number of carbonyl (C=O) groups is 2. The first-order chi connectivity index (χ1) is 17.4. The number of ether oxygens (including phenoxy) is 1. The average molecular weight is 503 g/mol. The topological polar surface area (TPSA) is 76.5 Å². The number of amides is 2. The molecule has 2 amide bonds. The molecular weight excluding hydrogens is 464 g/mol. The van der Waals surface area contributed by atoms with Crippen molar-refractivity contribution in [3.05, 3.63) is 76.1 Å². The lowest BCUT2D eigenvalue weighted by Crippen LogP contribution is -2.41. The van der Waals surface area contributed by atoms with Gasteiger partial charge in [0.15, 0.2) is 0 Å². The van der Waals surface area contributed by atoms with Crippen molar-refractivity contribution in [1.29, 1.82) is 0 Å². The Morgan fingerprint density at radius 1 is 0.946 bits per heavy atom. The van der Waals surface area contributed by atoms with E-state index in [2.05, 4.69) is 36.4 Å². The number of carbonyl (C=O) groups excluding carboxylic acids is 2. The van der Waals surface area contributed by atoms with Crippen LogP contribution in [-0.2, 0) is 4.74 Å². The van der Waals surface area contributed by atoms with Gasteiger partial charge >= 0.3 is 6.09 Å². The number of aryl methyl sites for hydroxylation is 4. The third-order valence-corrected chi connectivity index (χ3v) is 6.96. The summed E-state index contributed by atoms with van der Waals surface area (Å²) in [5.41, 5.74) is 7.11. The second kappa shape index (κ2) is 10.4. The van der Waals surface area contributed by atoms with Crippen LogP contribution >= 0.6 is 0 Å². The molecule has 1 aromatic heterocycles. The van der Waals surface area contributed by atoms with E-state index in [1.165, 1.54) is 11.1 Å². The molecule has 0 unspecified atom stereocenters. The highest BCUT2D eigenvalue weighted by atomic mass is 16.6. The SMILES string of the molecule is Cc1ccc(C)c(NC(=O)c2cnn(-c3ccc(C)c(C)c3)c2C2CCN(C(=O)OC(C)(C)C)CC2)c1. The Bertz CT molecular complexity index is 1310. The van der Waals surface area contributed by atoms with Crippen LogP contribution in [0.3, 0.4) is 0 Å². The first kappa shape index (κ1) is 26.5. The van der Waals surface area contributed by atoms with Crippen molar-refractivity contribution in [3.63, 3.8) is 0 Å². The van der Waals surface area contributed by atoms with E-state index in [0.29, 0.717) is 18.7 Å². The van der Waals surface area contributed by atoms with Crippen molar-refractivity contribution in [3.8, 4) is 5.69 Å². The first-order valence-electron chi connectivity index (χ1n) is 12.9. The monoisotopic (exact) mass is 502 g/mol. The predicted octanol–water partition coefficient (Wildman–Crippen LogP) is 6.47. The van der Waals surface area contributed by atoms with Gasteiger partial charge in [-0.25, -0.2) is 9.48 Å². The lowest BCUT2D eigenvalue weighted by atomic mass is 9.90. The maximum absolute atomic E-state index is 13.6. The fraction of sp³-hybridized carbons (Fsp3) is 0.433. The van der Waals surface area contributed by atoms with Gasteiger partial charge in [-0.1, -0.05) is 18.2 Å². The normalized spacial score (nSPS) is 14.5. The van der Waals surface area contributed by atoms with Crippen LogP contribution in [0.5, 0.6) is 0 Å².